The van der Waals surface area contributed by atoms with Gasteiger partial charge in [0.1, 0.15) is 6.61 Å². The van der Waals surface area contributed by atoms with Crippen LogP contribution in [0.4, 0.5) is 0 Å². The maximum atomic E-state index is 11.9. The Bertz CT molecular complexity index is 517. The molecule has 1 aromatic carbocycles. The van der Waals surface area contributed by atoms with Crippen LogP contribution in [-0.2, 0) is 16.1 Å². The van der Waals surface area contributed by atoms with Gasteiger partial charge in [-0.3, -0.25) is 4.79 Å². The molecule has 0 aromatic heterocycles. The summed E-state index contributed by atoms with van der Waals surface area (Å²) in [5.41, 5.74) is 1.83. The van der Waals surface area contributed by atoms with Crippen molar-refractivity contribution in [3.63, 3.8) is 0 Å². The number of carbonyl (C=O) groups is 1. The maximum absolute atomic E-state index is 11.9. The van der Waals surface area contributed by atoms with E-state index in [-0.39, 0.29) is 5.78 Å². The Hall–Kier alpha value is -2.07. The van der Waals surface area contributed by atoms with Crippen LogP contribution in [0.25, 0.3) is 0 Å². The standard InChI is InChI=1S/C17H22N2O2/c1-3-16(19-11-9-18-10-12-19)17(14(2)20)21-13-15-7-5-4-6-8-15/h3-8,18H,1,9-13H2,2H3/b17-16-. The lowest BCUT2D eigenvalue weighted by molar-refractivity contribution is -0.117. The van der Waals surface area contributed by atoms with Crippen LogP contribution in [0.5, 0.6) is 0 Å². The fourth-order valence-electron chi connectivity index (χ4n) is 2.36. The number of piperazine rings is 1. The van der Waals surface area contributed by atoms with Crippen LogP contribution in [0.2, 0.25) is 0 Å². The van der Waals surface area contributed by atoms with E-state index >= 15 is 0 Å². The molecule has 4 heteroatoms. The number of ketones is 1. The average Bonchev–Trinajstić information content (AvgIpc) is 2.53. The van der Waals surface area contributed by atoms with Gasteiger partial charge in [0.15, 0.2) is 11.5 Å². The van der Waals surface area contributed by atoms with Crippen LogP contribution in [0.15, 0.2) is 54.4 Å². The topological polar surface area (TPSA) is 41.6 Å². The van der Waals surface area contributed by atoms with E-state index in [0.29, 0.717) is 12.4 Å². The Morgan fingerprint density at radius 2 is 2.00 bits per heavy atom. The van der Waals surface area contributed by atoms with E-state index in [1.807, 2.05) is 30.3 Å². The lowest BCUT2D eigenvalue weighted by Gasteiger charge is -2.31. The molecule has 0 bridgehead atoms. The van der Waals surface area contributed by atoms with Crippen LogP contribution in [0, 0.1) is 0 Å². The Morgan fingerprint density at radius 1 is 1.33 bits per heavy atom. The summed E-state index contributed by atoms with van der Waals surface area (Å²) >= 11 is 0. The second-order valence-electron chi connectivity index (χ2n) is 4.99. The highest BCUT2D eigenvalue weighted by Crippen LogP contribution is 2.17. The molecule has 1 fully saturated rings. The molecule has 1 heterocycles. The van der Waals surface area contributed by atoms with Crippen molar-refractivity contribution in [2.75, 3.05) is 26.2 Å². The molecule has 0 aliphatic carbocycles. The zero-order valence-corrected chi connectivity index (χ0v) is 12.5. The van der Waals surface area contributed by atoms with Gasteiger partial charge in [-0.25, -0.2) is 0 Å². The van der Waals surface area contributed by atoms with Gasteiger partial charge in [-0.05, 0) is 11.6 Å². The van der Waals surface area contributed by atoms with Gasteiger partial charge in [0.05, 0.1) is 5.70 Å². The van der Waals surface area contributed by atoms with E-state index in [0.717, 1.165) is 37.4 Å². The first-order chi connectivity index (χ1) is 10.2. The van der Waals surface area contributed by atoms with Crippen molar-refractivity contribution >= 4 is 5.78 Å². The number of hydrogen-bond acceptors (Lipinski definition) is 4. The van der Waals surface area contributed by atoms with Crippen LogP contribution in [0.1, 0.15) is 12.5 Å². The van der Waals surface area contributed by atoms with Crippen molar-refractivity contribution in [3.05, 3.63) is 60.0 Å². The molecule has 0 spiro atoms. The van der Waals surface area contributed by atoms with Crippen LogP contribution < -0.4 is 5.32 Å². The number of benzene rings is 1. The molecule has 1 saturated heterocycles. The number of Topliss-reactive ketones (excluding diaryl/α,β-unsaturated/α-hetero) is 1. The van der Waals surface area contributed by atoms with Crippen molar-refractivity contribution in [3.8, 4) is 0 Å². The highest BCUT2D eigenvalue weighted by atomic mass is 16.5. The quantitative estimate of drug-likeness (QED) is 0.494. The number of rotatable bonds is 6. The molecule has 2 rings (SSSR count). The largest absolute Gasteiger partial charge is 0.483 e. The summed E-state index contributed by atoms with van der Waals surface area (Å²) in [6.45, 7) is 9.28. The van der Waals surface area contributed by atoms with Crippen molar-refractivity contribution in [2.45, 2.75) is 13.5 Å². The molecular weight excluding hydrogens is 264 g/mol. The molecule has 1 aliphatic heterocycles. The smallest absolute Gasteiger partial charge is 0.196 e. The highest BCUT2D eigenvalue weighted by Gasteiger charge is 2.19. The molecule has 0 saturated carbocycles. The number of ether oxygens (including phenoxy) is 1. The molecule has 4 nitrogen and oxygen atoms in total. The molecule has 21 heavy (non-hydrogen) atoms. The first-order valence-corrected chi connectivity index (χ1v) is 7.22. The van der Waals surface area contributed by atoms with Gasteiger partial charge in [-0.2, -0.15) is 0 Å². The van der Waals surface area contributed by atoms with Gasteiger partial charge >= 0.3 is 0 Å². The fourth-order valence-corrected chi connectivity index (χ4v) is 2.36. The number of allylic oxidation sites excluding steroid dienone is 2. The molecule has 0 unspecified atom stereocenters. The minimum absolute atomic E-state index is 0.0700. The van der Waals surface area contributed by atoms with Gasteiger partial charge in [-0.15, -0.1) is 0 Å². The third kappa shape index (κ3) is 4.20. The average molecular weight is 286 g/mol. The number of nitrogens with zero attached hydrogens (tertiary/aromatic N) is 1. The highest BCUT2D eigenvalue weighted by molar-refractivity contribution is 5.92. The van der Waals surface area contributed by atoms with Crippen LogP contribution in [0.3, 0.4) is 0 Å². The third-order valence-electron chi connectivity index (χ3n) is 3.43. The second-order valence-corrected chi connectivity index (χ2v) is 4.99. The predicted molar refractivity (Wildman–Crippen MR) is 83.6 cm³/mol. The lowest BCUT2D eigenvalue weighted by Crippen LogP contribution is -2.43. The van der Waals surface area contributed by atoms with Crippen molar-refractivity contribution in [2.24, 2.45) is 0 Å². The third-order valence-corrected chi connectivity index (χ3v) is 3.43. The van der Waals surface area contributed by atoms with Crippen LogP contribution >= 0.6 is 0 Å². The normalized spacial score (nSPS) is 16.1. The summed E-state index contributed by atoms with van der Waals surface area (Å²) in [6.07, 6.45) is 1.72. The summed E-state index contributed by atoms with van der Waals surface area (Å²) in [4.78, 5) is 14.1. The Kier molecular flexibility index (Phi) is 5.58. The molecule has 112 valence electrons. The van der Waals surface area contributed by atoms with E-state index < -0.39 is 0 Å². The number of nitrogens with one attached hydrogen (secondary N) is 1. The van der Waals surface area contributed by atoms with Crippen molar-refractivity contribution in [1.29, 1.82) is 0 Å². The number of carbonyl (C=O) groups excluding carboxylic acids is 1. The molecular formula is C17H22N2O2. The molecule has 1 aliphatic rings. The number of hydrogen-bond donors (Lipinski definition) is 1. The van der Waals surface area contributed by atoms with E-state index in [4.69, 9.17) is 4.74 Å². The minimum Gasteiger partial charge on any atom is -0.483 e. The van der Waals surface area contributed by atoms with Gasteiger partial charge in [0.2, 0.25) is 0 Å². The van der Waals surface area contributed by atoms with Gasteiger partial charge in [-0.1, -0.05) is 36.9 Å². The lowest BCUT2D eigenvalue weighted by atomic mass is 10.2. The van der Waals surface area contributed by atoms with Gasteiger partial charge in [0, 0.05) is 33.1 Å². The maximum Gasteiger partial charge on any atom is 0.196 e. The molecule has 0 amide bonds. The fraction of sp³-hybridized carbons (Fsp3) is 0.353. The van der Waals surface area contributed by atoms with Crippen molar-refractivity contribution in [1.82, 2.24) is 10.2 Å². The summed E-state index contributed by atoms with van der Waals surface area (Å²) < 4.78 is 5.79. The predicted octanol–water partition coefficient (Wildman–Crippen LogP) is 2.09. The summed E-state index contributed by atoms with van der Waals surface area (Å²) in [6, 6.07) is 9.84. The van der Waals surface area contributed by atoms with Crippen molar-refractivity contribution < 1.29 is 9.53 Å². The van der Waals surface area contributed by atoms with Crippen LogP contribution in [-0.4, -0.2) is 36.9 Å². The zero-order valence-electron chi connectivity index (χ0n) is 12.5. The monoisotopic (exact) mass is 286 g/mol. The summed E-state index contributed by atoms with van der Waals surface area (Å²) in [5.74, 6) is 0.329. The van der Waals surface area contributed by atoms with E-state index in [2.05, 4.69) is 16.8 Å². The van der Waals surface area contributed by atoms with E-state index in [9.17, 15) is 4.79 Å². The Balaban J connectivity index is 2.16. The first kappa shape index (κ1) is 15.3. The summed E-state index contributed by atoms with van der Waals surface area (Å²) in [7, 11) is 0. The van der Waals surface area contributed by atoms with E-state index in [1.54, 1.807) is 6.08 Å². The Labute approximate surface area is 126 Å². The minimum atomic E-state index is -0.0700. The Morgan fingerprint density at radius 3 is 2.57 bits per heavy atom. The van der Waals surface area contributed by atoms with E-state index in [1.165, 1.54) is 6.92 Å². The molecule has 0 atom stereocenters. The molecule has 1 N–H and O–H groups in total. The molecule has 0 radical (unpaired) electrons. The molecule has 1 aromatic rings. The van der Waals surface area contributed by atoms with Gasteiger partial charge in [0.25, 0.3) is 0 Å². The second kappa shape index (κ2) is 7.64. The first-order valence-electron chi connectivity index (χ1n) is 7.22. The zero-order chi connectivity index (χ0) is 15.1. The van der Waals surface area contributed by atoms with Gasteiger partial charge < -0.3 is 15.0 Å². The summed E-state index contributed by atoms with van der Waals surface area (Å²) in [5, 5.41) is 3.30. The SMILES string of the molecule is C=C/C(=C(/OCc1ccccc1)C(C)=O)N1CCNCC1.